The molecule has 2 aromatic rings. The second-order valence-corrected chi connectivity index (χ2v) is 9.59. The van der Waals surface area contributed by atoms with Crippen LogP contribution in [0.2, 0.25) is 0 Å². The van der Waals surface area contributed by atoms with Gasteiger partial charge in [0.1, 0.15) is 11.9 Å². The van der Waals surface area contributed by atoms with E-state index < -0.39 is 9.84 Å². The zero-order valence-electron chi connectivity index (χ0n) is 17.8. The van der Waals surface area contributed by atoms with Crippen LogP contribution < -0.4 is 10.2 Å². The van der Waals surface area contributed by atoms with E-state index in [-0.39, 0.29) is 17.5 Å². The van der Waals surface area contributed by atoms with Crippen molar-refractivity contribution in [3.8, 4) is 5.95 Å². The predicted molar refractivity (Wildman–Crippen MR) is 116 cm³/mol. The van der Waals surface area contributed by atoms with E-state index in [0.717, 1.165) is 16.7 Å². The van der Waals surface area contributed by atoms with Crippen molar-refractivity contribution < 1.29 is 22.3 Å². The summed E-state index contributed by atoms with van der Waals surface area (Å²) in [5, 5.41) is 0. The minimum absolute atomic E-state index is 0.0947. The number of benzene rings is 1. The first-order chi connectivity index (χ1) is 14.1. The highest BCUT2D eigenvalue weighted by molar-refractivity contribution is 7.90. The second kappa shape index (κ2) is 8.62. The molecule has 0 unspecified atom stereocenters. The largest absolute Gasteiger partial charge is 0.468 e. The summed E-state index contributed by atoms with van der Waals surface area (Å²) in [4.78, 5) is 12.7. The first kappa shape index (κ1) is 22.1. The van der Waals surface area contributed by atoms with Crippen LogP contribution in [0.1, 0.15) is 41.9 Å². The molecule has 1 saturated heterocycles. The molecule has 1 aromatic carbocycles. The fourth-order valence-corrected chi connectivity index (χ4v) is 4.14. The monoisotopic (exact) mass is 430 g/mol. The lowest BCUT2D eigenvalue weighted by molar-refractivity contribution is 0.0880. The van der Waals surface area contributed by atoms with E-state index in [4.69, 9.17) is 13.9 Å². The highest BCUT2D eigenvalue weighted by Gasteiger charge is 2.28. The minimum Gasteiger partial charge on any atom is -0.468 e. The van der Waals surface area contributed by atoms with E-state index in [1.54, 1.807) is 38.1 Å². The summed E-state index contributed by atoms with van der Waals surface area (Å²) in [6.45, 7) is 5.84. The first-order valence-corrected chi connectivity index (χ1v) is 11.5. The number of rotatable bonds is 5. The molecule has 0 spiro atoms. The Bertz CT molecular complexity index is 1170. The smallest absolute Gasteiger partial charge is 0.291 e. The van der Waals surface area contributed by atoms with Gasteiger partial charge in [0.05, 0.1) is 24.2 Å². The van der Waals surface area contributed by atoms with Gasteiger partial charge in [-0.25, -0.2) is 8.42 Å². The van der Waals surface area contributed by atoms with E-state index in [2.05, 4.69) is 0 Å². The van der Waals surface area contributed by atoms with Crippen molar-refractivity contribution in [3.05, 3.63) is 74.2 Å². The van der Waals surface area contributed by atoms with Crippen molar-refractivity contribution in [2.45, 2.75) is 38.2 Å². The lowest BCUT2D eigenvalue weighted by Gasteiger charge is -2.13. The molecule has 0 N–H and O–H groups in total. The molecule has 1 aromatic heterocycles. The molecule has 1 aliphatic heterocycles. The zero-order chi connectivity index (χ0) is 22.1. The summed E-state index contributed by atoms with van der Waals surface area (Å²) in [6, 6.07) is 6.77. The van der Waals surface area contributed by atoms with Crippen molar-refractivity contribution >= 4 is 15.9 Å². The summed E-state index contributed by atoms with van der Waals surface area (Å²) in [6.07, 6.45) is 5.50. The summed E-state index contributed by atoms with van der Waals surface area (Å²) in [5.41, 5.74) is 3.91. The fraction of sp³-hybridized carbons (Fsp3) is 0.348. The number of hydrogen-bond donors (Lipinski definition) is 0. The second-order valence-electron chi connectivity index (χ2n) is 7.57. The van der Waals surface area contributed by atoms with Crippen molar-refractivity contribution in [2.75, 3.05) is 20.0 Å². The van der Waals surface area contributed by atoms with Gasteiger partial charge in [-0.15, -0.1) is 0 Å². The Balaban J connectivity index is 1.79. The van der Waals surface area contributed by atoms with Gasteiger partial charge in [0.15, 0.2) is 15.3 Å². The van der Waals surface area contributed by atoms with Crippen LogP contribution in [0.5, 0.6) is 5.95 Å². The van der Waals surface area contributed by atoms with Crippen LogP contribution in [-0.4, -0.2) is 28.4 Å². The third-order valence-electron chi connectivity index (χ3n) is 5.09. The van der Waals surface area contributed by atoms with Gasteiger partial charge >= 0.3 is 0 Å². The molecule has 0 radical (unpaired) electrons. The normalized spacial score (nSPS) is 18.8. The molecule has 1 fully saturated rings. The maximum Gasteiger partial charge on any atom is 0.291 e. The first-order valence-electron chi connectivity index (χ1n) is 9.57. The van der Waals surface area contributed by atoms with Crippen LogP contribution in [0.3, 0.4) is 0 Å². The van der Waals surface area contributed by atoms with Gasteiger partial charge in [-0.3, -0.25) is 4.79 Å². The van der Waals surface area contributed by atoms with E-state index in [9.17, 15) is 13.2 Å². The van der Waals surface area contributed by atoms with Crippen molar-refractivity contribution in [2.24, 2.45) is 0 Å². The quantitative estimate of drug-likeness (QED) is 0.708. The molecule has 0 amide bonds. The fourth-order valence-electron chi connectivity index (χ4n) is 3.51. The standard InChI is InChI=1S/C23H26O6S/c1-14(10-17-6-8-19(9-7-17)30(5,25)26)11-18-12-20(28-13-18)22-15(2)21(24)16(3)23(27-4)29-22/h6-11,20H,12-13H2,1-5H3/b14-10+,18-11-/t20-/m1/s1. The maximum atomic E-state index is 12.4. The van der Waals surface area contributed by atoms with Crippen LogP contribution in [0.4, 0.5) is 0 Å². The van der Waals surface area contributed by atoms with Gasteiger partial charge in [-0.2, -0.15) is 0 Å². The molecule has 7 heteroatoms. The predicted octanol–water partition coefficient (Wildman–Crippen LogP) is 4.16. The molecule has 2 heterocycles. The molecule has 160 valence electrons. The Labute approximate surface area is 176 Å². The Morgan fingerprint density at radius 2 is 1.83 bits per heavy atom. The molecule has 30 heavy (non-hydrogen) atoms. The molecule has 3 rings (SSSR count). The lowest BCUT2D eigenvalue weighted by atomic mass is 10.0. The Morgan fingerprint density at radius 3 is 2.43 bits per heavy atom. The van der Waals surface area contributed by atoms with Gasteiger partial charge in [-0.1, -0.05) is 29.9 Å². The number of methoxy groups -OCH3 is 1. The van der Waals surface area contributed by atoms with E-state index in [0.29, 0.717) is 34.8 Å². The van der Waals surface area contributed by atoms with Gasteiger partial charge in [0.25, 0.3) is 5.95 Å². The van der Waals surface area contributed by atoms with Gasteiger partial charge in [-0.05, 0) is 44.0 Å². The van der Waals surface area contributed by atoms with Crippen LogP contribution in [0.15, 0.2) is 55.6 Å². The summed E-state index contributed by atoms with van der Waals surface area (Å²) in [7, 11) is -1.73. The Hall–Kier alpha value is -2.64. The van der Waals surface area contributed by atoms with Gasteiger partial charge in [0.2, 0.25) is 0 Å². The molecule has 0 aliphatic carbocycles. The van der Waals surface area contributed by atoms with E-state index in [1.807, 2.05) is 19.1 Å². The van der Waals surface area contributed by atoms with Crippen LogP contribution in [0.25, 0.3) is 6.08 Å². The Kier molecular flexibility index (Phi) is 6.33. The minimum atomic E-state index is -3.20. The maximum absolute atomic E-state index is 12.4. The average Bonchev–Trinajstić information content (AvgIpc) is 3.14. The average molecular weight is 431 g/mol. The SMILES string of the molecule is COc1oc([C@H]2C/C(=C/C(C)=C/c3ccc(S(C)(=O)=O)cc3)CO2)c(C)c(=O)c1C. The third kappa shape index (κ3) is 4.74. The number of hydrogen-bond acceptors (Lipinski definition) is 6. The zero-order valence-corrected chi connectivity index (χ0v) is 18.6. The van der Waals surface area contributed by atoms with Crippen LogP contribution >= 0.6 is 0 Å². The Morgan fingerprint density at radius 1 is 1.17 bits per heavy atom. The summed E-state index contributed by atoms with van der Waals surface area (Å²) >= 11 is 0. The number of sulfone groups is 1. The van der Waals surface area contributed by atoms with E-state index >= 15 is 0 Å². The molecule has 0 saturated carbocycles. The molecule has 1 atom stereocenters. The van der Waals surface area contributed by atoms with Crippen molar-refractivity contribution in [1.29, 1.82) is 0 Å². The van der Waals surface area contributed by atoms with Crippen molar-refractivity contribution in [3.63, 3.8) is 0 Å². The molecule has 1 aliphatic rings. The van der Waals surface area contributed by atoms with E-state index in [1.165, 1.54) is 13.4 Å². The van der Waals surface area contributed by atoms with Crippen LogP contribution in [-0.2, 0) is 14.6 Å². The molecular formula is C23H26O6S. The number of allylic oxidation sites excluding steroid dienone is 2. The van der Waals surface area contributed by atoms with Crippen LogP contribution in [0, 0.1) is 13.8 Å². The van der Waals surface area contributed by atoms with Gasteiger partial charge in [0, 0.05) is 18.2 Å². The summed E-state index contributed by atoms with van der Waals surface area (Å²) < 4.78 is 40.0. The lowest BCUT2D eigenvalue weighted by Crippen LogP contribution is -2.15. The third-order valence-corrected chi connectivity index (χ3v) is 6.22. The summed E-state index contributed by atoms with van der Waals surface area (Å²) in [5.74, 6) is 0.721. The van der Waals surface area contributed by atoms with Gasteiger partial charge < -0.3 is 13.9 Å². The molecular weight excluding hydrogens is 404 g/mol. The molecule has 6 nitrogen and oxygen atoms in total. The topological polar surface area (TPSA) is 82.8 Å². The highest BCUT2D eigenvalue weighted by Crippen LogP contribution is 2.35. The molecule has 0 bridgehead atoms. The van der Waals surface area contributed by atoms with Crippen molar-refractivity contribution in [1.82, 2.24) is 0 Å². The highest BCUT2D eigenvalue weighted by atomic mass is 32.2. The number of ether oxygens (including phenoxy) is 2.